The Bertz CT molecular complexity index is 977. The number of carbonyl (C=O) groups excluding carboxylic acids is 2. The molecule has 29 heavy (non-hydrogen) atoms. The fourth-order valence-electron chi connectivity index (χ4n) is 4.98. The van der Waals surface area contributed by atoms with Gasteiger partial charge in [0.15, 0.2) is 0 Å². The van der Waals surface area contributed by atoms with Crippen LogP contribution < -0.4 is 5.32 Å². The van der Waals surface area contributed by atoms with Gasteiger partial charge in [0.05, 0.1) is 36.2 Å². The zero-order valence-corrected chi connectivity index (χ0v) is 16.2. The predicted molar refractivity (Wildman–Crippen MR) is 106 cm³/mol. The van der Waals surface area contributed by atoms with E-state index in [-0.39, 0.29) is 11.8 Å². The lowest BCUT2D eigenvalue weighted by Gasteiger charge is -2.29. The highest BCUT2D eigenvalue weighted by atomic mass is 16.5. The predicted octanol–water partition coefficient (Wildman–Crippen LogP) is 2.07. The number of pyridine rings is 1. The number of rotatable bonds is 5. The molecule has 3 aliphatic heterocycles. The van der Waals surface area contributed by atoms with Crippen LogP contribution in [0, 0.1) is 11.8 Å². The Balaban J connectivity index is 1.37. The lowest BCUT2D eigenvalue weighted by atomic mass is 9.72. The topological polar surface area (TPSA) is 71.5 Å². The van der Waals surface area contributed by atoms with Gasteiger partial charge in [-0.05, 0) is 24.6 Å². The number of hydrogen-bond donors (Lipinski definition) is 1. The second-order valence-electron chi connectivity index (χ2n) is 8.25. The maximum atomic E-state index is 13.3. The average Bonchev–Trinajstić information content (AvgIpc) is 3.30. The molecule has 2 amide bonds. The van der Waals surface area contributed by atoms with Gasteiger partial charge in [-0.3, -0.25) is 14.6 Å². The van der Waals surface area contributed by atoms with Crippen molar-refractivity contribution in [2.45, 2.75) is 31.2 Å². The van der Waals surface area contributed by atoms with Crippen LogP contribution in [0.2, 0.25) is 0 Å². The minimum atomic E-state index is -0.757. The van der Waals surface area contributed by atoms with Crippen molar-refractivity contribution in [1.29, 1.82) is 0 Å². The average molecular weight is 389 g/mol. The van der Waals surface area contributed by atoms with E-state index in [0.717, 1.165) is 11.3 Å². The molecule has 1 spiro atoms. The third-order valence-corrected chi connectivity index (χ3v) is 6.27. The summed E-state index contributed by atoms with van der Waals surface area (Å²) in [5.41, 5.74) is 0.378. The molecule has 3 aliphatic rings. The van der Waals surface area contributed by atoms with Gasteiger partial charge in [-0.15, -0.1) is 0 Å². The van der Waals surface area contributed by atoms with E-state index < -0.39 is 23.0 Å². The standard InChI is InChI=1S/C23H23N3O3/c1-22-10-11-23(29-22)15-26(14-16-7-3-2-4-8-16)21(28)19(23)18(22)20(27)25-13-17-9-5-6-12-24-17/h2-12,18-19H,13-15H2,1H3,(H,25,27). The Morgan fingerprint density at radius 3 is 2.76 bits per heavy atom. The van der Waals surface area contributed by atoms with Crippen molar-refractivity contribution < 1.29 is 14.3 Å². The molecule has 0 saturated carbocycles. The minimum absolute atomic E-state index is 0.0140. The lowest BCUT2D eigenvalue weighted by molar-refractivity contribution is -0.139. The van der Waals surface area contributed by atoms with Crippen LogP contribution in [0.15, 0.2) is 66.9 Å². The summed E-state index contributed by atoms with van der Waals surface area (Å²) in [5.74, 6) is -1.22. The van der Waals surface area contributed by atoms with Crippen LogP contribution in [0.1, 0.15) is 18.2 Å². The van der Waals surface area contributed by atoms with Crippen LogP contribution in [0.3, 0.4) is 0 Å². The Morgan fingerprint density at radius 1 is 1.21 bits per heavy atom. The monoisotopic (exact) mass is 389 g/mol. The third kappa shape index (κ3) is 2.86. The summed E-state index contributed by atoms with van der Waals surface area (Å²) in [4.78, 5) is 32.5. The van der Waals surface area contributed by atoms with Gasteiger partial charge in [0.1, 0.15) is 5.60 Å². The van der Waals surface area contributed by atoms with Crippen molar-refractivity contribution in [3.63, 3.8) is 0 Å². The number of amides is 2. The van der Waals surface area contributed by atoms with E-state index in [0.29, 0.717) is 19.6 Å². The second-order valence-corrected chi connectivity index (χ2v) is 8.25. The Labute approximate surface area is 169 Å². The molecule has 4 atom stereocenters. The van der Waals surface area contributed by atoms with Gasteiger partial charge in [-0.2, -0.15) is 0 Å². The van der Waals surface area contributed by atoms with E-state index in [2.05, 4.69) is 10.3 Å². The van der Waals surface area contributed by atoms with Crippen molar-refractivity contribution in [3.8, 4) is 0 Å². The fourth-order valence-corrected chi connectivity index (χ4v) is 4.98. The van der Waals surface area contributed by atoms with Crippen molar-refractivity contribution >= 4 is 11.8 Å². The number of hydrogen-bond acceptors (Lipinski definition) is 4. The molecule has 2 saturated heterocycles. The SMILES string of the molecule is CC12C=CC3(CN(Cc4ccccc4)C(=O)C3C1C(=O)NCc1ccccn1)O2. The lowest BCUT2D eigenvalue weighted by Crippen LogP contribution is -2.47. The van der Waals surface area contributed by atoms with E-state index in [9.17, 15) is 9.59 Å². The van der Waals surface area contributed by atoms with Gasteiger partial charge in [-0.1, -0.05) is 48.6 Å². The van der Waals surface area contributed by atoms with Crippen LogP contribution in [0.25, 0.3) is 0 Å². The summed E-state index contributed by atoms with van der Waals surface area (Å²) < 4.78 is 6.35. The second kappa shape index (κ2) is 6.52. The molecule has 148 valence electrons. The Hall–Kier alpha value is -2.99. The van der Waals surface area contributed by atoms with E-state index in [1.165, 1.54) is 0 Å². The Kier molecular flexibility index (Phi) is 4.06. The summed E-state index contributed by atoms with van der Waals surface area (Å²) in [6.45, 7) is 3.23. The summed E-state index contributed by atoms with van der Waals surface area (Å²) in [5, 5.41) is 2.96. The van der Waals surface area contributed by atoms with Crippen LogP contribution in [-0.2, 0) is 27.4 Å². The molecular formula is C23H23N3O3. The number of likely N-dealkylation sites (tertiary alicyclic amines) is 1. The zero-order chi connectivity index (χ0) is 20.1. The highest BCUT2D eigenvalue weighted by molar-refractivity contribution is 5.93. The molecule has 0 radical (unpaired) electrons. The number of carbonyl (C=O) groups is 2. The number of nitrogens with one attached hydrogen (secondary N) is 1. The van der Waals surface area contributed by atoms with Crippen molar-refractivity contribution in [2.75, 3.05) is 6.54 Å². The molecule has 4 heterocycles. The highest BCUT2D eigenvalue weighted by Gasteiger charge is 2.71. The number of aromatic nitrogens is 1. The number of fused-ring (bicyclic) bond motifs is 1. The van der Waals surface area contributed by atoms with Gasteiger partial charge in [0, 0.05) is 12.7 Å². The largest absolute Gasteiger partial charge is 0.357 e. The summed E-state index contributed by atoms with van der Waals surface area (Å²) in [6.07, 6.45) is 5.64. The first-order valence-electron chi connectivity index (χ1n) is 9.92. The molecule has 6 nitrogen and oxygen atoms in total. The third-order valence-electron chi connectivity index (χ3n) is 6.27. The molecule has 2 fully saturated rings. The number of ether oxygens (including phenoxy) is 1. The zero-order valence-electron chi connectivity index (χ0n) is 16.2. The van der Waals surface area contributed by atoms with E-state index >= 15 is 0 Å². The van der Waals surface area contributed by atoms with Crippen molar-refractivity contribution in [1.82, 2.24) is 15.2 Å². The van der Waals surface area contributed by atoms with Gasteiger partial charge in [0.2, 0.25) is 11.8 Å². The number of nitrogens with zero attached hydrogens (tertiary/aromatic N) is 2. The summed E-state index contributed by atoms with van der Waals surface area (Å²) in [7, 11) is 0. The molecule has 1 aromatic carbocycles. The van der Waals surface area contributed by atoms with Crippen molar-refractivity contribution in [3.05, 3.63) is 78.1 Å². The first kappa shape index (κ1) is 18.1. The fraction of sp³-hybridized carbons (Fsp3) is 0.348. The minimum Gasteiger partial charge on any atom is -0.357 e. The highest BCUT2D eigenvalue weighted by Crippen LogP contribution is 2.57. The molecular weight excluding hydrogens is 366 g/mol. The van der Waals surface area contributed by atoms with Gasteiger partial charge >= 0.3 is 0 Å². The maximum absolute atomic E-state index is 13.3. The quantitative estimate of drug-likeness (QED) is 0.795. The first-order chi connectivity index (χ1) is 14.0. The van der Waals surface area contributed by atoms with Crippen LogP contribution >= 0.6 is 0 Å². The maximum Gasteiger partial charge on any atom is 0.230 e. The molecule has 1 N–H and O–H groups in total. The van der Waals surface area contributed by atoms with Gasteiger partial charge in [0.25, 0.3) is 0 Å². The van der Waals surface area contributed by atoms with E-state index in [1.54, 1.807) is 6.20 Å². The van der Waals surface area contributed by atoms with Gasteiger partial charge < -0.3 is 15.0 Å². The van der Waals surface area contributed by atoms with E-state index in [4.69, 9.17) is 4.74 Å². The molecule has 6 heteroatoms. The molecule has 1 aromatic heterocycles. The van der Waals surface area contributed by atoms with E-state index in [1.807, 2.05) is 72.5 Å². The molecule has 0 aliphatic carbocycles. The van der Waals surface area contributed by atoms with Crippen LogP contribution in [0.4, 0.5) is 0 Å². The summed E-state index contributed by atoms with van der Waals surface area (Å²) in [6, 6.07) is 15.5. The summed E-state index contributed by atoms with van der Waals surface area (Å²) >= 11 is 0. The number of benzene rings is 1. The van der Waals surface area contributed by atoms with Crippen LogP contribution in [0.5, 0.6) is 0 Å². The normalized spacial score (nSPS) is 31.9. The molecule has 2 aromatic rings. The molecule has 4 unspecified atom stereocenters. The van der Waals surface area contributed by atoms with Gasteiger partial charge in [-0.25, -0.2) is 0 Å². The molecule has 5 rings (SSSR count). The van der Waals surface area contributed by atoms with Crippen molar-refractivity contribution in [2.24, 2.45) is 11.8 Å². The molecule has 2 bridgehead atoms. The van der Waals surface area contributed by atoms with Crippen LogP contribution in [-0.4, -0.2) is 39.4 Å². The first-order valence-corrected chi connectivity index (χ1v) is 9.92. The Morgan fingerprint density at radius 2 is 2.00 bits per heavy atom. The smallest absolute Gasteiger partial charge is 0.230 e.